The molecule has 0 fully saturated rings. The van der Waals surface area contributed by atoms with Gasteiger partial charge in [0, 0.05) is 6.07 Å². The molecule has 0 bridgehead atoms. The topological polar surface area (TPSA) is 89.7 Å². The number of ether oxygens (including phenoxy) is 1. The molecule has 0 radical (unpaired) electrons. The Labute approximate surface area is 155 Å². The van der Waals surface area contributed by atoms with Crippen LogP contribution in [0.25, 0.3) is 0 Å². The van der Waals surface area contributed by atoms with E-state index in [1.807, 2.05) is 30.3 Å². The maximum Gasteiger partial charge on any atom is 0.307 e. The average molecular weight is 363 g/mol. The Morgan fingerprint density at radius 2 is 1.59 bits per heavy atom. The normalized spacial score (nSPS) is 11.6. The largest absolute Gasteiger partial charge is 0.481 e. The van der Waals surface area contributed by atoms with Gasteiger partial charge in [0.15, 0.2) is 6.10 Å². The van der Waals surface area contributed by atoms with E-state index in [2.05, 4.69) is 0 Å². The van der Waals surface area contributed by atoms with Gasteiger partial charge >= 0.3 is 5.97 Å². The van der Waals surface area contributed by atoms with Crippen LogP contribution in [-0.2, 0) is 11.2 Å². The summed E-state index contributed by atoms with van der Waals surface area (Å²) in [6, 6.07) is 22.4. The lowest BCUT2D eigenvalue weighted by atomic mass is 9.99. The summed E-state index contributed by atoms with van der Waals surface area (Å²) in [6.07, 6.45) is -0.745. The van der Waals surface area contributed by atoms with Crippen LogP contribution in [0.2, 0.25) is 0 Å². The van der Waals surface area contributed by atoms with E-state index >= 15 is 0 Å². The summed E-state index contributed by atoms with van der Waals surface area (Å²) in [6.45, 7) is 0. The van der Waals surface area contributed by atoms with Crippen LogP contribution in [0.3, 0.4) is 0 Å². The predicted octanol–water partition coefficient (Wildman–Crippen LogP) is 4.39. The second-order valence-corrected chi connectivity index (χ2v) is 5.94. The molecule has 3 rings (SSSR count). The molecular formula is C21H17NO5. The molecular weight excluding hydrogens is 346 g/mol. The van der Waals surface area contributed by atoms with E-state index in [0.717, 1.165) is 5.56 Å². The first-order valence-electron chi connectivity index (χ1n) is 8.30. The Balaban J connectivity index is 1.97. The quantitative estimate of drug-likeness (QED) is 0.497. The van der Waals surface area contributed by atoms with Gasteiger partial charge in [-0.05, 0) is 29.3 Å². The first-order valence-corrected chi connectivity index (χ1v) is 8.30. The van der Waals surface area contributed by atoms with Gasteiger partial charge in [0.25, 0.3) is 5.69 Å². The average Bonchev–Trinajstić information content (AvgIpc) is 2.67. The summed E-state index contributed by atoms with van der Waals surface area (Å²) in [5, 5.41) is 20.3. The molecule has 0 aromatic heterocycles. The van der Waals surface area contributed by atoms with Crippen molar-refractivity contribution < 1.29 is 19.6 Å². The van der Waals surface area contributed by atoms with Crippen molar-refractivity contribution in [3.63, 3.8) is 0 Å². The summed E-state index contributed by atoms with van der Waals surface area (Å²) >= 11 is 0. The third-order valence-electron chi connectivity index (χ3n) is 4.05. The molecule has 0 saturated carbocycles. The number of hydrogen-bond donors (Lipinski definition) is 1. The van der Waals surface area contributed by atoms with Crippen molar-refractivity contribution in [1.82, 2.24) is 0 Å². The number of nitro groups is 1. The highest BCUT2D eigenvalue weighted by atomic mass is 16.6. The Hall–Kier alpha value is -3.67. The van der Waals surface area contributed by atoms with E-state index in [0.29, 0.717) is 16.9 Å². The number of aliphatic carboxylic acids is 1. The van der Waals surface area contributed by atoms with E-state index in [-0.39, 0.29) is 12.1 Å². The molecule has 6 heteroatoms. The van der Waals surface area contributed by atoms with Gasteiger partial charge in [-0.1, -0.05) is 54.6 Å². The van der Waals surface area contributed by atoms with Gasteiger partial charge in [-0.2, -0.15) is 0 Å². The molecule has 0 aliphatic carbocycles. The molecule has 27 heavy (non-hydrogen) atoms. The predicted molar refractivity (Wildman–Crippen MR) is 99.8 cm³/mol. The van der Waals surface area contributed by atoms with Crippen LogP contribution in [0.1, 0.15) is 22.8 Å². The lowest BCUT2D eigenvalue weighted by Crippen LogP contribution is -2.11. The molecule has 1 unspecified atom stereocenters. The molecule has 0 amide bonds. The molecule has 3 aromatic rings. The molecule has 3 aromatic carbocycles. The zero-order valence-electron chi connectivity index (χ0n) is 14.3. The maximum absolute atomic E-state index is 11.5. The van der Waals surface area contributed by atoms with E-state index in [1.165, 1.54) is 6.07 Å². The minimum absolute atomic E-state index is 0.0196. The highest BCUT2D eigenvalue weighted by Gasteiger charge is 2.24. The third kappa shape index (κ3) is 4.49. The number of nitrogens with zero attached hydrogens (tertiary/aromatic N) is 1. The van der Waals surface area contributed by atoms with Crippen molar-refractivity contribution in [1.29, 1.82) is 0 Å². The summed E-state index contributed by atoms with van der Waals surface area (Å²) < 4.78 is 6.09. The molecule has 1 atom stereocenters. The van der Waals surface area contributed by atoms with Crippen LogP contribution in [0, 0.1) is 10.1 Å². The van der Waals surface area contributed by atoms with Crippen LogP contribution in [0.5, 0.6) is 5.75 Å². The number of benzene rings is 3. The molecule has 0 aliphatic rings. The Bertz CT molecular complexity index is 938. The van der Waals surface area contributed by atoms with Gasteiger partial charge in [0.2, 0.25) is 0 Å². The number of para-hydroxylation sites is 1. The summed E-state index contributed by atoms with van der Waals surface area (Å²) in [7, 11) is 0. The van der Waals surface area contributed by atoms with Crippen molar-refractivity contribution in [2.24, 2.45) is 0 Å². The van der Waals surface area contributed by atoms with E-state index in [9.17, 15) is 14.9 Å². The van der Waals surface area contributed by atoms with Crippen molar-refractivity contribution in [3.8, 4) is 5.75 Å². The van der Waals surface area contributed by atoms with E-state index in [4.69, 9.17) is 9.84 Å². The van der Waals surface area contributed by atoms with Crippen LogP contribution in [-0.4, -0.2) is 16.0 Å². The van der Waals surface area contributed by atoms with Crippen molar-refractivity contribution >= 4 is 11.7 Å². The summed E-state index contributed by atoms with van der Waals surface area (Å²) in [5.74, 6) is -0.415. The van der Waals surface area contributed by atoms with Gasteiger partial charge < -0.3 is 9.84 Å². The standard InChI is InChI=1S/C21H17NO5/c23-20(24)14-15-10-12-17(13-11-15)27-21(16-6-2-1-3-7-16)18-8-4-5-9-19(18)22(25)26/h1-13,21H,14H2,(H,23,24). The van der Waals surface area contributed by atoms with Gasteiger partial charge in [-0.15, -0.1) is 0 Å². The number of hydrogen-bond acceptors (Lipinski definition) is 4. The summed E-state index contributed by atoms with van der Waals surface area (Å²) in [5.41, 5.74) is 1.86. The minimum Gasteiger partial charge on any atom is -0.481 e. The van der Waals surface area contributed by atoms with Crippen LogP contribution in [0.15, 0.2) is 78.9 Å². The zero-order valence-corrected chi connectivity index (χ0v) is 14.3. The highest BCUT2D eigenvalue weighted by Crippen LogP contribution is 2.34. The maximum atomic E-state index is 11.5. The molecule has 0 spiro atoms. The van der Waals surface area contributed by atoms with Crippen molar-refractivity contribution in [3.05, 3.63) is 106 Å². The fraction of sp³-hybridized carbons (Fsp3) is 0.0952. The molecule has 0 heterocycles. The second-order valence-electron chi connectivity index (χ2n) is 5.94. The van der Waals surface area contributed by atoms with Gasteiger partial charge in [-0.3, -0.25) is 14.9 Å². The third-order valence-corrected chi connectivity index (χ3v) is 4.05. The minimum atomic E-state index is -0.911. The molecule has 1 N–H and O–H groups in total. The van der Waals surface area contributed by atoms with Crippen molar-refractivity contribution in [2.75, 3.05) is 0 Å². The Morgan fingerprint density at radius 1 is 0.963 bits per heavy atom. The lowest BCUT2D eigenvalue weighted by Gasteiger charge is -2.20. The smallest absolute Gasteiger partial charge is 0.307 e. The Morgan fingerprint density at radius 3 is 2.22 bits per heavy atom. The molecule has 0 saturated heterocycles. The van der Waals surface area contributed by atoms with Gasteiger partial charge in [0.05, 0.1) is 16.9 Å². The molecule has 6 nitrogen and oxygen atoms in total. The number of rotatable bonds is 7. The molecule has 136 valence electrons. The number of carbonyl (C=O) groups is 1. The summed E-state index contributed by atoms with van der Waals surface area (Å²) in [4.78, 5) is 21.8. The van der Waals surface area contributed by atoms with E-state index in [1.54, 1.807) is 42.5 Å². The lowest BCUT2D eigenvalue weighted by molar-refractivity contribution is -0.386. The fourth-order valence-corrected chi connectivity index (χ4v) is 2.81. The van der Waals surface area contributed by atoms with Crippen LogP contribution in [0.4, 0.5) is 5.69 Å². The number of carboxylic acid groups (broad SMARTS) is 1. The second kappa shape index (κ2) is 8.14. The van der Waals surface area contributed by atoms with Gasteiger partial charge in [-0.25, -0.2) is 0 Å². The zero-order chi connectivity index (χ0) is 19.2. The van der Waals surface area contributed by atoms with Crippen LogP contribution < -0.4 is 4.74 Å². The Kier molecular flexibility index (Phi) is 5.47. The van der Waals surface area contributed by atoms with Crippen LogP contribution >= 0.6 is 0 Å². The SMILES string of the molecule is O=C(O)Cc1ccc(OC(c2ccccc2)c2ccccc2[N+](=O)[O-])cc1. The first kappa shape index (κ1) is 18.1. The van der Waals surface area contributed by atoms with Gasteiger partial charge in [0.1, 0.15) is 5.75 Å². The fourth-order valence-electron chi connectivity index (χ4n) is 2.81. The highest BCUT2D eigenvalue weighted by molar-refractivity contribution is 5.70. The monoisotopic (exact) mass is 363 g/mol. The number of carboxylic acids is 1. The van der Waals surface area contributed by atoms with Crippen molar-refractivity contribution in [2.45, 2.75) is 12.5 Å². The first-order chi connectivity index (χ1) is 13.0. The van der Waals surface area contributed by atoms with E-state index < -0.39 is 17.0 Å². The molecule has 0 aliphatic heterocycles. The number of nitro benzene ring substituents is 1.